The van der Waals surface area contributed by atoms with Crippen molar-refractivity contribution in [3.63, 3.8) is 0 Å². The second kappa shape index (κ2) is 14.2. The van der Waals surface area contributed by atoms with Crippen molar-refractivity contribution < 1.29 is 23.8 Å². The summed E-state index contributed by atoms with van der Waals surface area (Å²) in [6.45, 7) is 2.32. The van der Waals surface area contributed by atoms with Crippen molar-refractivity contribution in [2.24, 2.45) is 0 Å². The maximum atomic E-state index is 14.3. The van der Waals surface area contributed by atoms with Crippen molar-refractivity contribution in [1.29, 1.82) is 0 Å². The van der Waals surface area contributed by atoms with Gasteiger partial charge in [0, 0.05) is 59.5 Å². The summed E-state index contributed by atoms with van der Waals surface area (Å²) in [4.78, 5) is 25.0. The first-order valence-electron chi connectivity index (χ1n) is 14.8. The number of hydrogen-bond acceptors (Lipinski definition) is 8. The molecule has 1 aliphatic rings. The van der Waals surface area contributed by atoms with Crippen LogP contribution in [-0.4, -0.2) is 56.0 Å². The fourth-order valence-corrected chi connectivity index (χ4v) is 5.28. The quantitative estimate of drug-likeness (QED) is 0.192. The van der Waals surface area contributed by atoms with E-state index in [1.165, 1.54) is 25.0 Å². The van der Waals surface area contributed by atoms with Gasteiger partial charge in [-0.1, -0.05) is 18.9 Å². The standard InChI is InChI=1S/C30H28FN5O2.C4H9NO2/c1-19-6-7-20(17-34-19)18-37-25-14-23(31)15-26(16-25)38-24-10-8-21(9-11-24)27-28-29(32)33-12-13-36(28)30(35-27)22-4-2-3-5-22;1-5(2)3-4(6)7/h6-17,22H,2-5,18H2,1H3,(H2,32,33);3H2,1-2H3,(H,6,7). The van der Waals surface area contributed by atoms with Gasteiger partial charge in [0.05, 0.1) is 6.54 Å². The van der Waals surface area contributed by atoms with E-state index < -0.39 is 11.8 Å². The van der Waals surface area contributed by atoms with Crippen LogP contribution in [0.2, 0.25) is 0 Å². The number of anilines is 1. The number of benzene rings is 2. The summed E-state index contributed by atoms with van der Waals surface area (Å²) in [6.07, 6.45) is 10.1. The molecule has 3 aromatic heterocycles. The Morgan fingerprint density at radius 3 is 2.42 bits per heavy atom. The molecule has 234 valence electrons. The van der Waals surface area contributed by atoms with E-state index in [0.29, 0.717) is 29.0 Å². The third-order valence-electron chi connectivity index (χ3n) is 7.37. The molecule has 11 heteroatoms. The van der Waals surface area contributed by atoms with Gasteiger partial charge in [-0.05, 0) is 64.2 Å². The van der Waals surface area contributed by atoms with Crippen molar-refractivity contribution in [2.75, 3.05) is 26.4 Å². The zero-order chi connectivity index (χ0) is 31.9. The first-order chi connectivity index (χ1) is 21.7. The monoisotopic (exact) mass is 612 g/mol. The molecule has 0 radical (unpaired) electrons. The highest BCUT2D eigenvalue weighted by Crippen LogP contribution is 2.38. The number of aryl methyl sites for hydroxylation is 1. The second-order valence-electron chi connectivity index (χ2n) is 11.3. The van der Waals surface area contributed by atoms with Crippen molar-refractivity contribution in [2.45, 2.75) is 45.1 Å². The summed E-state index contributed by atoms with van der Waals surface area (Å²) in [5, 5.41) is 8.04. The molecule has 1 saturated carbocycles. The Bertz CT molecular complexity index is 1750. The van der Waals surface area contributed by atoms with Crippen molar-refractivity contribution >= 4 is 17.3 Å². The van der Waals surface area contributed by atoms with Gasteiger partial charge >= 0.3 is 5.97 Å². The zero-order valence-electron chi connectivity index (χ0n) is 25.6. The third kappa shape index (κ3) is 8.12. The minimum atomic E-state index is -0.787. The molecule has 3 N–H and O–H groups in total. The highest BCUT2D eigenvalue weighted by molar-refractivity contribution is 5.85. The molecule has 0 spiro atoms. The molecule has 0 atom stereocenters. The van der Waals surface area contributed by atoms with Gasteiger partial charge in [-0.3, -0.25) is 19.1 Å². The Kier molecular flexibility index (Phi) is 9.89. The number of nitrogen functional groups attached to an aromatic ring is 1. The van der Waals surface area contributed by atoms with Gasteiger partial charge in [0.15, 0.2) is 0 Å². The second-order valence-corrected chi connectivity index (χ2v) is 11.3. The molecule has 3 heterocycles. The number of imidazole rings is 1. The Hall–Kier alpha value is -5.03. The van der Waals surface area contributed by atoms with E-state index in [0.717, 1.165) is 46.7 Å². The van der Waals surface area contributed by atoms with Crippen molar-refractivity contribution in [3.05, 3.63) is 96.1 Å². The van der Waals surface area contributed by atoms with Crippen LogP contribution in [0, 0.1) is 12.7 Å². The summed E-state index contributed by atoms with van der Waals surface area (Å²) in [7, 11) is 3.43. The fourth-order valence-electron chi connectivity index (χ4n) is 5.28. The number of hydrogen-bond donors (Lipinski definition) is 2. The number of nitrogens with zero attached hydrogens (tertiary/aromatic N) is 5. The Morgan fingerprint density at radius 2 is 1.78 bits per heavy atom. The fraction of sp³-hybridized carbons (Fsp3) is 0.294. The highest BCUT2D eigenvalue weighted by atomic mass is 19.1. The summed E-state index contributed by atoms with van der Waals surface area (Å²) < 4.78 is 28.1. The molecular weight excluding hydrogens is 575 g/mol. The Balaban J connectivity index is 0.000000515. The zero-order valence-corrected chi connectivity index (χ0v) is 25.6. The average Bonchev–Trinajstić information content (AvgIpc) is 3.66. The summed E-state index contributed by atoms with van der Waals surface area (Å²) in [6, 6.07) is 15.7. The minimum absolute atomic E-state index is 0.111. The van der Waals surface area contributed by atoms with Crippen LogP contribution in [0.5, 0.6) is 17.2 Å². The number of carbonyl (C=O) groups is 1. The van der Waals surface area contributed by atoms with Gasteiger partial charge in [-0.25, -0.2) is 14.4 Å². The topological polar surface area (TPSA) is 128 Å². The summed E-state index contributed by atoms with van der Waals surface area (Å²) >= 11 is 0. The molecular formula is C34H37FN6O4. The number of ether oxygens (including phenoxy) is 2. The summed E-state index contributed by atoms with van der Waals surface area (Å²) in [5.74, 6) is 1.98. The Labute approximate surface area is 261 Å². The third-order valence-corrected chi connectivity index (χ3v) is 7.37. The van der Waals surface area contributed by atoms with Crippen LogP contribution in [0.25, 0.3) is 16.8 Å². The lowest BCUT2D eigenvalue weighted by atomic mass is 10.1. The maximum absolute atomic E-state index is 14.3. The van der Waals surface area contributed by atoms with E-state index in [1.54, 1.807) is 37.5 Å². The molecule has 45 heavy (non-hydrogen) atoms. The molecule has 0 aliphatic heterocycles. The van der Waals surface area contributed by atoms with E-state index in [9.17, 15) is 9.18 Å². The number of likely N-dealkylation sites (N-methyl/N-ethyl adjacent to an activating group) is 1. The molecule has 1 aliphatic carbocycles. The number of halogens is 1. The van der Waals surface area contributed by atoms with E-state index in [-0.39, 0.29) is 13.2 Å². The molecule has 5 aromatic rings. The van der Waals surface area contributed by atoms with Gasteiger partial charge in [0.1, 0.15) is 52.5 Å². The molecule has 0 unspecified atom stereocenters. The van der Waals surface area contributed by atoms with E-state index >= 15 is 0 Å². The molecule has 2 aromatic carbocycles. The van der Waals surface area contributed by atoms with Crippen LogP contribution in [-0.2, 0) is 11.4 Å². The first-order valence-corrected chi connectivity index (χ1v) is 14.8. The lowest BCUT2D eigenvalue weighted by Crippen LogP contribution is -2.20. The average molecular weight is 613 g/mol. The van der Waals surface area contributed by atoms with E-state index in [1.807, 2.05) is 49.5 Å². The molecule has 0 saturated heterocycles. The largest absolute Gasteiger partial charge is 0.489 e. The lowest BCUT2D eigenvalue weighted by molar-refractivity contribution is -0.137. The molecule has 0 bridgehead atoms. The highest BCUT2D eigenvalue weighted by Gasteiger charge is 2.25. The van der Waals surface area contributed by atoms with Crippen LogP contribution in [0.1, 0.15) is 48.7 Å². The van der Waals surface area contributed by atoms with Gasteiger partial charge in [0.25, 0.3) is 0 Å². The predicted octanol–water partition coefficient (Wildman–Crippen LogP) is 6.48. The predicted molar refractivity (Wildman–Crippen MR) is 170 cm³/mol. The molecule has 10 nitrogen and oxygen atoms in total. The van der Waals surface area contributed by atoms with Crippen LogP contribution >= 0.6 is 0 Å². The summed E-state index contributed by atoms with van der Waals surface area (Å²) in [5.41, 5.74) is 10.6. The van der Waals surface area contributed by atoms with Gasteiger partial charge in [-0.2, -0.15) is 0 Å². The number of rotatable bonds is 9. The van der Waals surface area contributed by atoms with Gasteiger partial charge in [0.2, 0.25) is 0 Å². The molecule has 1 fully saturated rings. The smallest absolute Gasteiger partial charge is 0.317 e. The van der Waals surface area contributed by atoms with Crippen LogP contribution in [0.4, 0.5) is 10.2 Å². The number of carboxylic acid groups (broad SMARTS) is 1. The number of carboxylic acids is 1. The number of fused-ring (bicyclic) bond motifs is 1. The SMILES string of the molecule is CN(C)CC(=O)O.Cc1ccc(COc2cc(F)cc(Oc3ccc(-c4nc(C5CCCC5)n5ccnc(N)c45)cc3)c2)cn1. The van der Waals surface area contributed by atoms with Crippen LogP contribution in [0.15, 0.2) is 73.2 Å². The van der Waals surface area contributed by atoms with Gasteiger partial charge < -0.3 is 20.3 Å². The number of aromatic nitrogens is 4. The number of pyridine rings is 1. The number of nitrogens with two attached hydrogens (primary N) is 1. The molecule has 6 rings (SSSR count). The number of aliphatic carboxylic acids is 1. The lowest BCUT2D eigenvalue weighted by Gasteiger charge is -2.10. The van der Waals surface area contributed by atoms with Crippen molar-refractivity contribution in [3.8, 4) is 28.5 Å². The van der Waals surface area contributed by atoms with Crippen LogP contribution in [0.3, 0.4) is 0 Å². The maximum Gasteiger partial charge on any atom is 0.317 e. The van der Waals surface area contributed by atoms with Gasteiger partial charge in [-0.15, -0.1) is 0 Å². The van der Waals surface area contributed by atoms with E-state index in [4.69, 9.17) is 25.3 Å². The van der Waals surface area contributed by atoms with Crippen molar-refractivity contribution in [1.82, 2.24) is 24.3 Å². The normalized spacial score (nSPS) is 13.1. The molecule has 0 amide bonds. The van der Waals surface area contributed by atoms with Crippen LogP contribution < -0.4 is 15.2 Å². The Morgan fingerprint density at radius 1 is 1.04 bits per heavy atom. The minimum Gasteiger partial charge on any atom is -0.489 e. The first kappa shape index (κ1) is 31.4. The van der Waals surface area contributed by atoms with E-state index in [2.05, 4.69) is 14.4 Å².